The summed E-state index contributed by atoms with van der Waals surface area (Å²) in [4.78, 5) is 28.5. The van der Waals surface area contributed by atoms with Gasteiger partial charge in [0, 0.05) is 13.1 Å². The molecule has 178 valence electrons. The van der Waals surface area contributed by atoms with Crippen molar-refractivity contribution in [2.75, 3.05) is 27.4 Å². The van der Waals surface area contributed by atoms with Gasteiger partial charge in [-0.15, -0.1) is 0 Å². The zero-order chi connectivity index (χ0) is 24.3. The third kappa shape index (κ3) is 6.36. The van der Waals surface area contributed by atoms with Gasteiger partial charge in [0.25, 0.3) is 0 Å². The van der Waals surface area contributed by atoms with Crippen LogP contribution in [0.3, 0.4) is 0 Å². The summed E-state index contributed by atoms with van der Waals surface area (Å²) in [6.45, 7) is 0.163. The van der Waals surface area contributed by atoms with Gasteiger partial charge in [0.2, 0.25) is 11.8 Å². The summed E-state index contributed by atoms with van der Waals surface area (Å²) >= 11 is 0. The van der Waals surface area contributed by atoms with E-state index in [1.54, 1.807) is 31.3 Å². The Labute approximate surface area is 199 Å². The molecule has 2 N–H and O–H groups in total. The first-order chi connectivity index (χ1) is 16.6. The minimum Gasteiger partial charge on any atom is -0.493 e. The molecule has 3 aromatic rings. The zero-order valence-corrected chi connectivity index (χ0v) is 19.4. The molecule has 0 heterocycles. The molecular weight excluding hydrogens is 432 g/mol. The van der Waals surface area contributed by atoms with Crippen LogP contribution < -0.4 is 14.8 Å². The predicted octanol–water partition coefficient (Wildman–Crippen LogP) is 3.12. The van der Waals surface area contributed by atoms with Crippen LogP contribution in [0, 0.1) is 0 Å². The Morgan fingerprint density at radius 2 is 1.53 bits per heavy atom. The fourth-order valence-electron chi connectivity index (χ4n) is 3.75. The fourth-order valence-corrected chi connectivity index (χ4v) is 3.75. The first-order valence-corrected chi connectivity index (χ1v) is 11.0. The lowest BCUT2D eigenvalue weighted by molar-refractivity contribution is -0.141. The summed E-state index contributed by atoms with van der Waals surface area (Å²) in [5.74, 6) is 0.536. The lowest BCUT2D eigenvalue weighted by atomic mass is 10.0. The largest absolute Gasteiger partial charge is 0.493 e. The molecule has 0 saturated heterocycles. The first kappa shape index (κ1) is 24.8. The summed E-state index contributed by atoms with van der Waals surface area (Å²) in [6, 6.07) is 23.2. The summed E-state index contributed by atoms with van der Waals surface area (Å²) in [6.07, 6.45) is 0.0732. The molecule has 0 aromatic heterocycles. The van der Waals surface area contributed by atoms with E-state index in [-0.39, 0.29) is 37.9 Å². The normalized spacial score (nSPS) is 11.4. The van der Waals surface area contributed by atoms with Crippen molar-refractivity contribution in [2.45, 2.75) is 19.0 Å². The average Bonchev–Trinajstić information content (AvgIpc) is 2.88. The number of rotatable bonds is 11. The van der Waals surface area contributed by atoms with Crippen LogP contribution in [0.4, 0.5) is 0 Å². The molecule has 0 aliphatic rings. The Hall–Kier alpha value is -3.84. The topological polar surface area (TPSA) is 88.1 Å². The zero-order valence-electron chi connectivity index (χ0n) is 19.4. The molecule has 3 rings (SSSR count). The van der Waals surface area contributed by atoms with Gasteiger partial charge in [0.05, 0.1) is 27.2 Å². The Morgan fingerprint density at radius 1 is 0.882 bits per heavy atom. The van der Waals surface area contributed by atoms with Gasteiger partial charge in [-0.05, 0) is 28.8 Å². The highest BCUT2D eigenvalue weighted by Gasteiger charge is 2.31. The van der Waals surface area contributed by atoms with Crippen molar-refractivity contribution in [3.05, 3.63) is 95.6 Å². The number of ether oxygens (including phenoxy) is 2. The monoisotopic (exact) mass is 462 g/mol. The van der Waals surface area contributed by atoms with Gasteiger partial charge >= 0.3 is 0 Å². The molecule has 34 heavy (non-hydrogen) atoms. The van der Waals surface area contributed by atoms with Crippen molar-refractivity contribution in [2.24, 2.45) is 0 Å². The number of carbonyl (C=O) groups excluding carboxylic acids is 2. The van der Waals surface area contributed by atoms with Crippen LogP contribution in [0.5, 0.6) is 11.5 Å². The number of methoxy groups -OCH3 is 2. The minimum atomic E-state index is -0.861. The number of benzene rings is 3. The van der Waals surface area contributed by atoms with Crippen LogP contribution in [0.15, 0.2) is 78.9 Å². The van der Waals surface area contributed by atoms with Crippen molar-refractivity contribution in [1.29, 1.82) is 0 Å². The van der Waals surface area contributed by atoms with Gasteiger partial charge in [0.1, 0.15) is 6.04 Å². The van der Waals surface area contributed by atoms with Crippen LogP contribution in [-0.2, 0) is 22.6 Å². The number of hydrogen-bond acceptors (Lipinski definition) is 5. The average molecular weight is 463 g/mol. The van der Waals surface area contributed by atoms with Gasteiger partial charge < -0.3 is 24.8 Å². The molecular formula is C27H30N2O5. The van der Waals surface area contributed by atoms with Crippen molar-refractivity contribution in [1.82, 2.24) is 10.2 Å². The maximum atomic E-state index is 13.7. The molecule has 1 atom stereocenters. The fraction of sp³-hybridized carbons (Fsp3) is 0.259. The molecule has 0 radical (unpaired) electrons. The summed E-state index contributed by atoms with van der Waals surface area (Å²) < 4.78 is 10.7. The number of nitrogens with one attached hydrogen (secondary N) is 1. The second kappa shape index (κ2) is 12.4. The summed E-state index contributed by atoms with van der Waals surface area (Å²) in [7, 11) is 3.10. The van der Waals surface area contributed by atoms with E-state index in [0.717, 1.165) is 11.1 Å². The second-order valence-corrected chi connectivity index (χ2v) is 7.70. The van der Waals surface area contributed by atoms with Gasteiger partial charge in [0.15, 0.2) is 11.5 Å². The van der Waals surface area contributed by atoms with E-state index in [9.17, 15) is 14.7 Å². The van der Waals surface area contributed by atoms with Crippen LogP contribution in [0.25, 0.3) is 0 Å². The molecule has 7 nitrogen and oxygen atoms in total. The third-order valence-electron chi connectivity index (χ3n) is 5.41. The van der Waals surface area contributed by atoms with Crippen LogP contribution >= 0.6 is 0 Å². The van der Waals surface area contributed by atoms with E-state index in [1.165, 1.54) is 0 Å². The highest BCUT2D eigenvalue weighted by Crippen LogP contribution is 2.29. The minimum absolute atomic E-state index is 0.0732. The SMILES string of the molecule is COc1ccc(CC(=O)N(Cc2ccccc2)[C@@H](C(=O)NCCO)c2ccccc2)cc1OC. The Bertz CT molecular complexity index is 1070. The first-order valence-electron chi connectivity index (χ1n) is 11.0. The molecule has 0 fully saturated rings. The maximum absolute atomic E-state index is 13.7. The van der Waals surface area contributed by atoms with Gasteiger partial charge in [-0.25, -0.2) is 0 Å². The molecule has 0 spiro atoms. The highest BCUT2D eigenvalue weighted by molar-refractivity contribution is 5.89. The van der Waals surface area contributed by atoms with Gasteiger partial charge in [-0.3, -0.25) is 9.59 Å². The van der Waals surface area contributed by atoms with Crippen LogP contribution in [-0.4, -0.2) is 49.2 Å². The molecule has 0 aliphatic carbocycles. The molecule has 2 amide bonds. The molecule has 0 saturated carbocycles. The van der Waals surface area contributed by atoms with Crippen molar-refractivity contribution < 1.29 is 24.2 Å². The molecule has 7 heteroatoms. The summed E-state index contributed by atoms with van der Waals surface area (Å²) in [5.41, 5.74) is 2.33. The van der Waals surface area contributed by atoms with Gasteiger partial charge in [-0.2, -0.15) is 0 Å². The van der Waals surface area contributed by atoms with E-state index >= 15 is 0 Å². The number of hydrogen-bond donors (Lipinski definition) is 2. The number of aliphatic hydroxyl groups excluding tert-OH is 1. The highest BCUT2D eigenvalue weighted by atomic mass is 16.5. The van der Waals surface area contributed by atoms with E-state index in [2.05, 4.69) is 5.32 Å². The number of carbonyl (C=O) groups is 2. The molecule has 0 aliphatic heterocycles. The molecule has 0 bridgehead atoms. The number of nitrogens with zero attached hydrogens (tertiary/aromatic N) is 1. The summed E-state index contributed by atoms with van der Waals surface area (Å²) in [5, 5.41) is 11.9. The van der Waals surface area contributed by atoms with Crippen molar-refractivity contribution in [3.63, 3.8) is 0 Å². The number of amides is 2. The Morgan fingerprint density at radius 3 is 2.15 bits per heavy atom. The molecule has 3 aromatic carbocycles. The van der Waals surface area contributed by atoms with Crippen molar-refractivity contribution >= 4 is 11.8 Å². The van der Waals surface area contributed by atoms with E-state index in [1.807, 2.05) is 66.7 Å². The van der Waals surface area contributed by atoms with Crippen LogP contribution in [0.1, 0.15) is 22.7 Å². The number of aliphatic hydroxyl groups is 1. The predicted molar refractivity (Wildman–Crippen MR) is 130 cm³/mol. The smallest absolute Gasteiger partial charge is 0.247 e. The van der Waals surface area contributed by atoms with Gasteiger partial charge in [-0.1, -0.05) is 66.7 Å². The lowest BCUT2D eigenvalue weighted by Gasteiger charge is -2.32. The quantitative estimate of drug-likeness (QED) is 0.457. The molecule has 0 unspecified atom stereocenters. The second-order valence-electron chi connectivity index (χ2n) is 7.70. The maximum Gasteiger partial charge on any atom is 0.247 e. The van der Waals surface area contributed by atoms with Crippen molar-refractivity contribution in [3.8, 4) is 11.5 Å². The Kier molecular flexibility index (Phi) is 9.05. The standard InChI is InChI=1S/C27H30N2O5/c1-33-23-14-13-21(17-24(23)34-2)18-25(31)29(19-20-9-5-3-6-10-20)26(27(32)28-15-16-30)22-11-7-4-8-12-22/h3-14,17,26,30H,15-16,18-19H2,1-2H3,(H,28,32)/t26-/m1/s1. The van der Waals surface area contributed by atoms with E-state index in [0.29, 0.717) is 17.1 Å². The van der Waals surface area contributed by atoms with E-state index in [4.69, 9.17) is 9.47 Å². The lowest BCUT2D eigenvalue weighted by Crippen LogP contribution is -2.44. The third-order valence-corrected chi connectivity index (χ3v) is 5.41. The van der Waals surface area contributed by atoms with E-state index < -0.39 is 6.04 Å². The Balaban J connectivity index is 1.98. The van der Waals surface area contributed by atoms with Crippen LogP contribution in [0.2, 0.25) is 0 Å².